The number of carbonyl (C=O) groups excluding carboxylic acids is 1. The Morgan fingerprint density at radius 2 is 2.06 bits per heavy atom. The van der Waals surface area contributed by atoms with Crippen molar-refractivity contribution in [3.05, 3.63) is 66.0 Å². The molecule has 0 atom stereocenters. The number of nitrogens with one attached hydrogen (secondary N) is 1. The molecule has 32 heavy (non-hydrogen) atoms. The Kier molecular flexibility index (Phi) is 5.73. The normalized spacial score (nSPS) is 17.3. The minimum absolute atomic E-state index is 0.228. The molecule has 3 aromatic rings. The first kappa shape index (κ1) is 20.5. The molecule has 4 heterocycles. The van der Waals surface area contributed by atoms with Gasteiger partial charge in [0.1, 0.15) is 17.3 Å². The van der Waals surface area contributed by atoms with Crippen molar-refractivity contribution >= 4 is 17.3 Å². The Balaban J connectivity index is 1.48. The van der Waals surface area contributed by atoms with Crippen molar-refractivity contribution in [3.8, 4) is 17.3 Å². The Bertz CT molecular complexity index is 1170. The number of pyridine rings is 1. The second-order valence-corrected chi connectivity index (χ2v) is 8.31. The molecule has 1 aromatic carbocycles. The number of amides is 1. The van der Waals surface area contributed by atoms with Crippen LogP contribution in [-0.2, 0) is 6.54 Å². The number of ether oxygens (including phenoxy) is 1. The molecule has 7 heteroatoms. The summed E-state index contributed by atoms with van der Waals surface area (Å²) in [6, 6.07) is 11.5. The number of nitrogens with zero attached hydrogens (tertiary/aromatic N) is 4. The van der Waals surface area contributed by atoms with Crippen LogP contribution in [0, 0.1) is 0 Å². The van der Waals surface area contributed by atoms with Crippen molar-refractivity contribution in [2.45, 2.75) is 25.8 Å². The SMILES string of the molecule is CN1CC=C(c2ccc3c(c2)OCCCCn2ccnc2-c2cccc(n2)NC3=O)CC1. The predicted molar refractivity (Wildman–Crippen MR) is 125 cm³/mol. The Morgan fingerprint density at radius 3 is 2.94 bits per heavy atom. The van der Waals surface area contributed by atoms with Gasteiger partial charge in [0.25, 0.3) is 5.91 Å². The molecule has 0 radical (unpaired) electrons. The number of benzene rings is 1. The van der Waals surface area contributed by atoms with Crippen LogP contribution < -0.4 is 10.1 Å². The zero-order valence-electron chi connectivity index (χ0n) is 18.3. The van der Waals surface area contributed by atoms with Gasteiger partial charge in [-0.1, -0.05) is 18.2 Å². The highest BCUT2D eigenvalue weighted by Crippen LogP contribution is 2.29. The lowest BCUT2D eigenvalue weighted by molar-refractivity contribution is 0.102. The average Bonchev–Trinajstić information content (AvgIpc) is 3.27. The minimum Gasteiger partial charge on any atom is -0.493 e. The fourth-order valence-electron chi connectivity index (χ4n) is 4.16. The van der Waals surface area contributed by atoms with Crippen LogP contribution in [0.2, 0.25) is 0 Å². The summed E-state index contributed by atoms with van der Waals surface area (Å²) in [6.07, 6.45) is 8.82. The zero-order valence-corrected chi connectivity index (χ0v) is 18.3. The predicted octanol–water partition coefficient (Wildman–Crippen LogP) is 4.09. The summed E-state index contributed by atoms with van der Waals surface area (Å²) in [5.74, 6) is 1.69. The van der Waals surface area contributed by atoms with Gasteiger partial charge in [-0.05, 0) is 61.7 Å². The molecular weight excluding hydrogens is 402 g/mol. The van der Waals surface area contributed by atoms with E-state index < -0.39 is 0 Å². The third kappa shape index (κ3) is 4.29. The summed E-state index contributed by atoms with van der Waals surface area (Å²) >= 11 is 0. The van der Waals surface area contributed by atoms with E-state index in [9.17, 15) is 4.79 Å². The van der Waals surface area contributed by atoms with Gasteiger partial charge in [0.2, 0.25) is 0 Å². The number of imidazole rings is 1. The summed E-state index contributed by atoms with van der Waals surface area (Å²) in [7, 11) is 2.12. The molecule has 2 bridgehead atoms. The molecule has 5 rings (SSSR count). The number of anilines is 1. The Labute approximate surface area is 187 Å². The summed E-state index contributed by atoms with van der Waals surface area (Å²) in [4.78, 5) is 24.5. The van der Waals surface area contributed by atoms with Crippen molar-refractivity contribution < 1.29 is 9.53 Å². The topological polar surface area (TPSA) is 72.3 Å². The van der Waals surface area contributed by atoms with E-state index in [1.165, 1.54) is 5.57 Å². The van der Waals surface area contributed by atoms with Gasteiger partial charge >= 0.3 is 0 Å². The van der Waals surface area contributed by atoms with Crippen molar-refractivity contribution in [2.24, 2.45) is 0 Å². The fourth-order valence-corrected chi connectivity index (χ4v) is 4.16. The molecule has 0 aliphatic carbocycles. The van der Waals surface area contributed by atoms with Gasteiger partial charge in [0, 0.05) is 32.0 Å². The highest BCUT2D eigenvalue weighted by Gasteiger charge is 2.18. The molecule has 7 nitrogen and oxygen atoms in total. The number of hydrogen-bond donors (Lipinski definition) is 1. The van der Waals surface area contributed by atoms with Gasteiger partial charge in [-0.25, -0.2) is 9.97 Å². The van der Waals surface area contributed by atoms with E-state index in [0.29, 0.717) is 23.7 Å². The molecule has 2 aromatic heterocycles. The summed E-state index contributed by atoms with van der Waals surface area (Å²) in [6.45, 7) is 3.36. The summed E-state index contributed by atoms with van der Waals surface area (Å²) < 4.78 is 8.23. The molecule has 164 valence electrons. The van der Waals surface area contributed by atoms with Gasteiger partial charge in [-0.2, -0.15) is 0 Å². The molecule has 2 aliphatic heterocycles. The highest BCUT2D eigenvalue weighted by molar-refractivity contribution is 6.06. The monoisotopic (exact) mass is 429 g/mol. The third-order valence-electron chi connectivity index (χ3n) is 6.00. The van der Waals surface area contributed by atoms with Crippen LogP contribution in [0.25, 0.3) is 17.1 Å². The first-order valence-electron chi connectivity index (χ1n) is 11.1. The molecule has 0 unspecified atom stereocenters. The van der Waals surface area contributed by atoms with Crippen LogP contribution in [0.1, 0.15) is 35.2 Å². The maximum atomic E-state index is 13.1. The number of fused-ring (bicyclic) bond motifs is 5. The van der Waals surface area contributed by atoms with Gasteiger partial charge < -0.3 is 19.5 Å². The zero-order chi connectivity index (χ0) is 21.9. The quantitative estimate of drug-likeness (QED) is 0.631. The van der Waals surface area contributed by atoms with Crippen LogP contribution >= 0.6 is 0 Å². The second-order valence-electron chi connectivity index (χ2n) is 8.31. The lowest BCUT2D eigenvalue weighted by Gasteiger charge is -2.23. The van der Waals surface area contributed by atoms with Gasteiger partial charge in [0.05, 0.1) is 12.2 Å². The van der Waals surface area contributed by atoms with E-state index in [4.69, 9.17) is 4.74 Å². The Morgan fingerprint density at radius 1 is 1.12 bits per heavy atom. The smallest absolute Gasteiger partial charge is 0.260 e. The van der Waals surface area contributed by atoms with Crippen molar-refractivity contribution in [1.29, 1.82) is 0 Å². The molecular formula is C25H27N5O2. The molecule has 0 fully saturated rings. The number of likely N-dealkylation sites (N-methyl/N-ethyl adjacent to an activating group) is 1. The number of hydrogen-bond acceptors (Lipinski definition) is 5. The number of aryl methyl sites for hydroxylation is 1. The molecule has 1 amide bonds. The molecule has 0 spiro atoms. The molecule has 2 aliphatic rings. The Hall–Kier alpha value is -3.45. The van der Waals surface area contributed by atoms with Crippen LogP contribution in [-0.4, -0.2) is 52.1 Å². The fraction of sp³-hybridized carbons (Fsp3) is 0.320. The molecule has 0 saturated carbocycles. The van der Waals surface area contributed by atoms with Crippen molar-refractivity contribution in [3.63, 3.8) is 0 Å². The molecule has 1 N–H and O–H groups in total. The number of carbonyl (C=O) groups is 1. The lowest BCUT2D eigenvalue weighted by atomic mass is 9.97. The number of rotatable bonds is 1. The van der Waals surface area contributed by atoms with Crippen LogP contribution in [0.4, 0.5) is 5.82 Å². The summed E-state index contributed by atoms with van der Waals surface area (Å²) in [5, 5.41) is 2.93. The average molecular weight is 430 g/mol. The van der Waals surface area contributed by atoms with E-state index in [1.807, 2.05) is 36.5 Å². The maximum absolute atomic E-state index is 13.1. The van der Waals surface area contributed by atoms with Crippen molar-refractivity contribution in [2.75, 3.05) is 32.1 Å². The van der Waals surface area contributed by atoms with Crippen LogP contribution in [0.5, 0.6) is 5.75 Å². The minimum atomic E-state index is -0.228. The van der Waals surface area contributed by atoms with Gasteiger partial charge in [0.15, 0.2) is 5.82 Å². The van der Waals surface area contributed by atoms with E-state index >= 15 is 0 Å². The van der Waals surface area contributed by atoms with Gasteiger partial charge in [-0.15, -0.1) is 0 Å². The van der Waals surface area contributed by atoms with E-state index in [1.54, 1.807) is 12.3 Å². The van der Waals surface area contributed by atoms with E-state index in [0.717, 1.165) is 56.0 Å². The summed E-state index contributed by atoms with van der Waals surface area (Å²) in [5.41, 5.74) is 3.68. The lowest BCUT2D eigenvalue weighted by Crippen LogP contribution is -2.23. The first-order valence-corrected chi connectivity index (χ1v) is 11.1. The standard InChI is InChI=1S/C25H27N5O2/c1-29-13-9-18(10-14-29)19-7-8-20-22(17-19)32-16-3-2-12-30-15-11-26-24(30)21-5-4-6-23(27-21)28-25(20)31/h4-9,11,15,17H,2-3,10,12-14,16H2,1H3,(H,27,28,31). The van der Waals surface area contributed by atoms with Crippen LogP contribution in [0.3, 0.4) is 0 Å². The largest absolute Gasteiger partial charge is 0.493 e. The van der Waals surface area contributed by atoms with Crippen molar-refractivity contribution in [1.82, 2.24) is 19.4 Å². The highest BCUT2D eigenvalue weighted by atomic mass is 16.5. The third-order valence-corrected chi connectivity index (χ3v) is 6.00. The van der Waals surface area contributed by atoms with Crippen LogP contribution in [0.15, 0.2) is 54.9 Å². The maximum Gasteiger partial charge on any atom is 0.260 e. The van der Waals surface area contributed by atoms with Gasteiger partial charge in [-0.3, -0.25) is 4.79 Å². The first-order chi connectivity index (χ1) is 15.7. The van der Waals surface area contributed by atoms with E-state index in [2.05, 4.69) is 37.9 Å². The van der Waals surface area contributed by atoms with E-state index in [-0.39, 0.29) is 5.91 Å². The second kappa shape index (κ2) is 8.96. The molecule has 0 saturated heterocycles. The number of aromatic nitrogens is 3.